The Morgan fingerprint density at radius 3 is 1.63 bits per heavy atom. The molecular weight excluding hydrogens is 773 g/mol. The molecule has 12 nitrogen and oxygen atoms in total. The van der Waals surface area contributed by atoms with Gasteiger partial charge in [-0.05, 0) is 51.4 Å². The minimum absolute atomic E-state index is 0.0320. The van der Waals surface area contributed by atoms with Crippen LogP contribution in [0.1, 0.15) is 168 Å². The Morgan fingerprint density at radius 2 is 1.10 bits per heavy atom. The molecule has 0 radical (unpaired) electrons. The Labute approximate surface area is 355 Å². The highest BCUT2D eigenvalue weighted by Crippen LogP contribution is 2.43. The van der Waals surface area contributed by atoms with Crippen molar-refractivity contribution < 1.29 is 52.2 Å². The first-order valence-corrected chi connectivity index (χ1v) is 23.9. The third-order valence-corrected chi connectivity index (χ3v) is 10.6. The van der Waals surface area contributed by atoms with Crippen LogP contribution in [0.15, 0.2) is 60.8 Å². The first-order chi connectivity index (χ1) is 28.6. The van der Waals surface area contributed by atoms with E-state index in [0.29, 0.717) is 31.5 Å². The van der Waals surface area contributed by atoms with Gasteiger partial charge in [-0.2, -0.15) is 0 Å². The molecule has 0 saturated carbocycles. The van der Waals surface area contributed by atoms with Crippen LogP contribution < -0.4 is 5.73 Å². The average Bonchev–Trinajstić information content (AvgIpc) is 3.97. The first kappa shape index (κ1) is 54.2. The van der Waals surface area contributed by atoms with E-state index in [4.69, 9.17) is 29.6 Å². The molecule has 1 aliphatic rings. The van der Waals surface area contributed by atoms with E-state index >= 15 is 0 Å². The molecule has 1 fully saturated rings. The van der Waals surface area contributed by atoms with Crippen molar-refractivity contribution in [1.29, 1.82) is 0 Å². The highest BCUT2D eigenvalue weighted by molar-refractivity contribution is 7.47. The van der Waals surface area contributed by atoms with E-state index in [1.54, 1.807) is 0 Å². The number of allylic oxidation sites excluding steroid dienone is 8. The number of unbranched alkanes of at least 4 members (excludes halogenated alkanes) is 14. The number of hydrogen-bond donors (Lipinski definition) is 3. The van der Waals surface area contributed by atoms with Gasteiger partial charge in [-0.1, -0.05) is 164 Å². The van der Waals surface area contributed by atoms with Gasteiger partial charge < -0.3 is 29.9 Å². The highest BCUT2D eigenvalue weighted by Gasteiger charge is 2.36. The number of rotatable bonds is 40. The second kappa shape index (κ2) is 36.9. The summed E-state index contributed by atoms with van der Waals surface area (Å²) in [6, 6.07) is -1.54. The van der Waals surface area contributed by atoms with E-state index in [9.17, 15) is 23.8 Å². The SMILES string of the molecule is CC/C=C\CC1OC1C/C=C\C/C=C\C/C=C\C/C=C\CCC(=O)O[C@H](COC(=O)CCCCCCCCCCCCCCCCC)COP(=O)(O)OC[C@H](N)C(=O)O. The Morgan fingerprint density at radius 1 is 0.627 bits per heavy atom. The molecule has 0 bridgehead atoms. The van der Waals surface area contributed by atoms with E-state index in [1.807, 2.05) is 18.2 Å². The fraction of sp³-hybridized carbons (Fsp3) is 0.717. The van der Waals surface area contributed by atoms with Gasteiger partial charge in [0.2, 0.25) is 0 Å². The normalized spacial score (nSPS) is 17.7. The van der Waals surface area contributed by atoms with Crippen molar-refractivity contribution in [2.75, 3.05) is 19.8 Å². The summed E-state index contributed by atoms with van der Waals surface area (Å²) >= 11 is 0. The zero-order chi connectivity index (χ0) is 43.2. The Balaban J connectivity index is 2.32. The quantitative estimate of drug-likeness (QED) is 0.0174. The minimum Gasteiger partial charge on any atom is -0.480 e. The predicted octanol–water partition coefficient (Wildman–Crippen LogP) is 10.9. The van der Waals surface area contributed by atoms with Gasteiger partial charge in [0.25, 0.3) is 0 Å². The summed E-state index contributed by atoms with van der Waals surface area (Å²) in [5, 5.41) is 8.89. The van der Waals surface area contributed by atoms with E-state index in [2.05, 4.69) is 60.9 Å². The van der Waals surface area contributed by atoms with Gasteiger partial charge >= 0.3 is 25.7 Å². The molecule has 338 valence electrons. The number of carbonyl (C=O) groups excluding carboxylic acids is 2. The van der Waals surface area contributed by atoms with Gasteiger partial charge in [-0.15, -0.1) is 0 Å². The molecule has 0 amide bonds. The number of carboxylic acid groups (broad SMARTS) is 1. The zero-order valence-electron chi connectivity index (χ0n) is 36.3. The Kier molecular flexibility index (Phi) is 33.9. The van der Waals surface area contributed by atoms with Crippen molar-refractivity contribution in [3.8, 4) is 0 Å². The van der Waals surface area contributed by atoms with Crippen molar-refractivity contribution in [3.63, 3.8) is 0 Å². The van der Waals surface area contributed by atoms with E-state index in [1.165, 1.54) is 70.6 Å². The number of epoxide rings is 1. The summed E-state index contributed by atoms with van der Waals surface area (Å²) in [7, 11) is -4.74. The lowest BCUT2D eigenvalue weighted by Crippen LogP contribution is -2.34. The second-order valence-corrected chi connectivity index (χ2v) is 16.6. The number of phosphoric acid groups is 1. The molecule has 13 heteroatoms. The Bertz CT molecular complexity index is 1300. The van der Waals surface area contributed by atoms with Crippen molar-refractivity contribution in [3.05, 3.63) is 60.8 Å². The number of esters is 2. The van der Waals surface area contributed by atoms with E-state index < -0.39 is 51.1 Å². The van der Waals surface area contributed by atoms with Gasteiger partial charge in [-0.25, -0.2) is 4.57 Å². The molecule has 4 N–H and O–H groups in total. The maximum atomic E-state index is 12.6. The lowest BCUT2D eigenvalue weighted by molar-refractivity contribution is -0.161. The van der Waals surface area contributed by atoms with Crippen LogP contribution in [-0.2, 0) is 42.2 Å². The standard InChI is InChI=1S/C46H78NO11P/c1-3-5-7-8-9-10-11-12-13-14-18-21-24-27-31-35-44(48)54-37-40(38-55-59(52,53)56-39-41(47)46(50)51)57-45(49)36-32-28-25-22-19-16-15-17-20-23-26-30-34-43-42(58-43)33-29-6-4-2/h6,16-17,19-20,25-26,28-30,40-43H,3-5,7-15,18,21-24,27,31-39,47H2,1-2H3,(H,50,51)(H,52,53)/b19-16-,20-17-,28-25-,29-6-,30-26-/t40-,41+,42?,43?/m1/s1. The molecule has 1 rings (SSSR count). The van der Waals surface area contributed by atoms with Crippen molar-refractivity contribution >= 4 is 25.7 Å². The fourth-order valence-electron chi connectivity index (χ4n) is 6.07. The monoisotopic (exact) mass is 852 g/mol. The predicted molar refractivity (Wildman–Crippen MR) is 235 cm³/mol. The molecule has 3 unspecified atom stereocenters. The molecule has 1 saturated heterocycles. The van der Waals surface area contributed by atoms with Crippen molar-refractivity contribution in [2.24, 2.45) is 5.73 Å². The summed E-state index contributed by atoms with van der Waals surface area (Å²) < 4.78 is 38.3. The summed E-state index contributed by atoms with van der Waals surface area (Å²) in [6.45, 7) is 2.61. The van der Waals surface area contributed by atoms with Gasteiger partial charge in [0, 0.05) is 12.8 Å². The fourth-order valence-corrected chi connectivity index (χ4v) is 6.85. The maximum Gasteiger partial charge on any atom is 0.472 e. The lowest BCUT2D eigenvalue weighted by Gasteiger charge is -2.20. The van der Waals surface area contributed by atoms with Crippen molar-refractivity contribution in [2.45, 2.75) is 192 Å². The van der Waals surface area contributed by atoms with Crippen LogP contribution in [0.4, 0.5) is 0 Å². The summed E-state index contributed by atoms with van der Waals surface area (Å²) in [5.41, 5.74) is 5.33. The van der Waals surface area contributed by atoms with Crippen LogP contribution in [0.5, 0.6) is 0 Å². The van der Waals surface area contributed by atoms with Gasteiger partial charge in [0.1, 0.15) is 12.6 Å². The molecule has 0 aromatic rings. The van der Waals surface area contributed by atoms with E-state index in [0.717, 1.165) is 51.4 Å². The largest absolute Gasteiger partial charge is 0.480 e. The summed E-state index contributed by atoms with van der Waals surface area (Å²) in [5.74, 6) is -2.49. The number of carboxylic acids is 1. The second-order valence-electron chi connectivity index (χ2n) is 15.2. The topological polar surface area (TPSA) is 184 Å². The van der Waals surface area contributed by atoms with Crippen LogP contribution in [0.2, 0.25) is 0 Å². The smallest absolute Gasteiger partial charge is 0.472 e. The van der Waals surface area contributed by atoms with Crippen LogP contribution in [0, 0.1) is 0 Å². The molecular formula is C46H78NO11P. The summed E-state index contributed by atoms with van der Waals surface area (Å²) in [6.07, 6.45) is 44.8. The lowest BCUT2D eigenvalue weighted by atomic mass is 10.0. The third-order valence-electron chi connectivity index (χ3n) is 9.70. The number of aliphatic carboxylic acids is 1. The molecule has 0 aliphatic carbocycles. The molecule has 1 heterocycles. The number of carbonyl (C=O) groups is 3. The van der Waals surface area contributed by atoms with Crippen LogP contribution in [0.25, 0.3) is 0 Å². The van der Waals surface area contributed by atoms with Crippen LogP contribution >= 0.6 is 7.82 Å². The van der Waals surface area contributed by atoms with Crippen LogP contribution in [-0.4, -0.2) is 72.1 Å². The third kappa shape index (κ3) is 34.5. The minimum atomic E-state index is -4.74. The molecule has 59 heavy (non-hydrogen) atoms. The zero-order valence-corrected chi connectivity index (χ0v) is 37.2. The van der Waals surface area contributed by atoms with Crippen LogP contribution in [0.3, 0.4) is 0 Å². The molecule has 0 spiro atoms. The first-order valence-electron chi connectivity index (χ1n) is 22.4. The molecule has 5 atom stereocenters. The van der Waals surface area contributed by atoms with E-state index in [-0.39, 0.29) is 19.4 Å². The van der Waals surface area contributed by atoms with Gasteiger partial charge in [0.15, 0.2) is 6.10 Å². The highest BCUT2D eigenvalue weighted by atomic mass is 31.2. The number of phosphoric ester groups is 1. The van der Waals surface area contributed by atoms with Gasteiger partial charge in [-0.3, -0.25) is 23.4 Å². The molecule has 1 aliphatic heterocycles. The Hall–Kier alpha value is -2.86. The average molecular weight is 852 g/mol. The summed E-state index contributed by atoms with van der Waals surface area (Å²) in [4.78, 5) is 46.0. The number of nitrogens with two attached hydrogens (primary N) is 1. The number of ether oxygens (including phenoxy) is 3. The van der Waals surface area contributed by atoms with Crippen molar-refractivity contribution in [1.82, 2.24) is 0 Å². The molecule has 0 aromatic carbocycles. The number of hydrogen-bond acceptors (Lipinski definition) is 10. The molecule has 0 aromatic heterocycles. The maximum absolute atomic E-state index is 12.6. The van der Waals surface area contributed by atoms with Gasteiger partial charge in [0.05, 0.1) is 25.4 Å².